The number of aliphatic carboxylic acids is 1. The second-order valence-corrected chi connectivity index (χ2v) is 7.86. The van der Waals surface area contributed by atoms with Crippen LogP contribution in [-0.4, -0.2) is 22.0 Å². The molecule has 3 aromatic carbocycles. The molecule has 5 heteroatoms. The first-order valence-electron chi connectivity index (χ1n) is 10.7. The lowest BCUT2D eigenvalue weighted by molar-refractivity contribution is -0.137. The van der Waals surface area contributed by atoms with Gasteiger partial charge in [0.05, 0.1) is 18.2 Å². The summed E-state index contributed by atoms with van der Waals surface area (Å²) in [6.07, 6.45) is 1.40. The van der Waals surface area contributed by atoms with Gasteiger partial charge >= 0.3 is 5.97 Å². The minimum atomic E-state index is -0.975. The largest absolute Gasteiger partial charge is 0.481 e. The number of pyridine rings is 1. The lowest BCUT2D eigenvalue weighted by Crippen LogP contribution is -2.30. The summed E-state index contributed by atoms with van der Waals surface area (Å²) in [6.45, 7) is 1.90. The van der Waals surface area contributed by atoms with Crippen molar-refractivity contribution in [1.29, 1.82) is 0 Å². The van der Waals surface area contributed by atoms with Crippen LogP contribution in [0.3, 0.4) is 0 Å². The molecule has 1 heterocycles. The van der Waals surface area contributed by atoms with E-state index in [1.54, 1.807) is 18.3 Å². The molecular weight excluding hydrogens is 412 g/mol. The predicted octanol–water partition coefficient (Wildman–Crippen LogP) is 5.67. The highest BCUT2D eigenvalue weighted by atomic mass is 16.4. The average Bonchev–Trinajstić information content (AvgIpc) is 2.84. The van der Waals surface area contributed by atoms with Gasteiger partial charge < -0.3 is 10.4 Å². The van der Waals surface area contributed by atoms with Crippen molar-refractivity contribution in [2.45, 2.75) is 19.4 Å². The standard InChI is InChI=1S/C28H24N2O3/c1-19-8-5-6-13-24(19)26(18-27(31)32)30-28(33)23-14-15-29-25(17-23)22-12-7-11-21(16-22)20-9-3-2-4-10-20/h2-17,26H,18H2,1H3,(H,30,33)(H,31,32). The van der Waals surface area contributed by atoms with E-state index in [1.165, 1.54) is 0 Å². The van der Waals surface area contributed by atoms with Crippen LogP contribution in [0.5, 0.6) is 0 Å². The molecule has 0 fully saturated rings. The molecule has 1 aromatic heterocycles. The first-order chi connectivity index (χ1) is 16.0. The van der Waals surface area contributed by atoms with E-state index in [1.807, 2.05) is 85.8 Å². The second-order valence-electron chi connectivity index (χ2n) is 7.86. The zero-order valence-corrected chi connectivity index (χ0v) is 18.2. The third kappa shape index (κ3) is 5.33. The molecule has 164 valence electrons. The van der Waals surface area contributed by atoms with E-state index < -0.39 is 12.0 Å². The summed E-state index contributed by atoms with van der Waals surface area (Å²) in [5, 5.41) is 12.3. The van der Waals surface area contributed by atoms with E-state index in [0.29, 0.717) is 11.3 Å². The fourth-order valence-corrected chi connectivity index (χ4v) is 3.85. The number of amides is 1. The Bertz CT molecular complexity index is 1290. The molecule has 0 bridgehead atoms. The van der Waals surface area contributed by atoms with Gasteiger partial charge in [0, 0.05) is 17.3 Å². The number of nitrogens with zero attached hydrogens (tertiary/aromatic N) is 1. The molecule has 0 saturated carbocycles. The van der Waals surface area contributed by atoms with Gasteiger partial charge in [-0.25, -0.2) is 0 Å². The van der Waals surface area contributed by atoms with Gasteiger partial charge in [0.15, 0.2) is 0 Å². The van der Waals surface area contributed by atoms with Crippen LogP contribution in [0.25, 0.3) is 22.4 Å². The number of carbonyl (C=O) groups excluding carboxylic acids is 1. The second kappa shape index (κ2) is 9.92. The monoisotopic (exact) mass is 436 g/mol. The van der Waals surface area contributed by atoms with Crippen LogP contribution in [-0.2, 0) is 4.79 Å². The Morgan fingerprint density at radius 3 is 2.30 bits per heavy atom. The van der Waals surface area contributed by atoms with Gasteiger partial charge in [-0.3, -0.25) is 14.6 Å². The normalized spacial score (nSPS) is 11.5. The van der Waals surface area contributed by atoms with Gasteiger partial charge in [0.2, 0.25) is 0 Å². The van der Waals surface area contributed by atoms with E-state index in [2.05, 4.69) is 10.3 Å². The summed E-state index contributed by atoms with van der Waals surface area (Å²) >= 11 is 0. The van der Waals surface area contributed by atoms with Crippen molar-refractivity contribution >= 4 is 11.9 Å². The molecule has 0 aliphatic rings. The average molecular weight is 437 g/mol. The number of hydrogen-bond donors (Lipinski definition) is 2. The Labute approximate surface area is 192 Å². The maximum absolute atomic E-state index is 13.1. The maximum atomic E-state index is 13.1. The van der Waals surface area contributed by atoms with Crippen molar-refractivity contribution in [1.82, 2.24) is 10.3 Å². The first-order valence-corrected chi connectivity index (χ1v) is 10.7. The minimum Gasteiger partial charge on any atom is -0.481 e. The summed E-state index contributed by atoms with van der Waals surface area (Å²) < 4.78 is 0. The summed E-state index contributed by atoms with van der Waals surface area (Å²) in [4.78, 5) is 29.0. The summed E-state index contributed by atoms with van der Waals surface area (Å²) in [5.41, 5.74) is 5.87. The smallest absolute Gasteiger partial charge is 0.305 e. The lowest BCUT2D eigenvalue weighted by atomic mass is 9.98. The van der Waals surface area contributed by atoms with Crippen LogP contribution < -0.4 is 5.32 Å². The van der Waals surface area contributed by atoms with E-state index in [9.17, 15) is 14.7 Å². The van der Waals surface area contributed by atoms with Crippen LogP contribution in [0.2, 0.25) is 0 Å². The van der Waals surface area contributed by atoms with Gasteiger partial charge in [-0.15, -0.1) is 0 Å². The molecule has 5 nitrogen and oxygen atoms in total. The number of carboxylic acids is 1. The topological polar surface area (TPSA) is 79.3 Å². The zero-order valence-electron chi connectivity index (χ0n) is 18.2. The maximum Gasteiger partial charge on any atom is 0.305 e. The highest BCUT2D eigenvalue weighted by Crippen LogP contribution is 2.26. The Balaban J connectivity index is 1.60. The molecule has 33 heavy (non-hydrogen) atoms. The van der Waals surface area contributed by atoms with Crippen LogP contribution in [0.1, 0.15) is 33.9 Å². The Kier molecular flexibility index (Phi) is 6.60. The quantitative estimate of drug-likeness (QED) is 0.391. The molecule has 1 unspecified atom stereocenters. The highest BCUT2D eigenvalue weighted by molar-refractivity contribution is 5.95. The van der Waals surface area contributed by atoms with Crippen LogP contribution in [0.15, 0.2) is 97.2 Å². The molecule has 1 amide bonds. The molecule has 0 aliphatic carbocycles. The van der Waals surface area contributed by atoms with Crippen molar-refractivity contribution in [3.63, 3.8) is 0 Å². The van der Waals surface area contributed by atoms with Crippen LogP contribution >= 0.6 is 0 Å². The van der Waals surface area contributed by atoms with Gasteiger partial charge in [-0.05, 0) is 47.4 Å². The Hall–Kier alpha value is -4.25. The molecule has 4 aromatic rings. The molecular formula is C28H24N2O3. The van der Waals surface area contributed by atoms with Gasteiger partial charge in [-0.2, -0.15) is 0 Å². The molecule has 2 N–H and O–H groups in total. The molecule has 4 rings (SSSR count). The van der Waals surface area contributed by atoms with Crippen LogP contribution in [0, 0.1) is 6.92 Å². The van der Waals surface area contributed by atoms with Crippen molar-refractivity contribution in [2.24, 2.45) is 0 Å². The molecule has 1 atom stereocenters. The SMILES string of the molecule is Cc1ccccc1C(CC(=O)O)NC(=O)c1ccnc(-c2cccc(-c3ccccc3)c2)c1. The number of nitrogens with one attached hydrogen (secondary N) is 1. The molecule has 0 spiro atoms. The lowest BCUT2D eigenvalue weighted by Gasteiger charge is -2.19. The van der Waals surface area contributed by atoms with Gasteiger partial charge in [0.1, 0.15) is 0 Å². The zero-order chi connectivity index (χ0) is 23.2. The minimum absolute atomic E-state index is 0.201. The van der Waals surface area contributed by atoms with Crippen molar-refractivity contribution in [3.05, 3.63) is 114 Å². The molecule has 0 aliphatic heterocycles. The number of carboxylic acid groups (broad SMARTS) is 1. The summed E-state index contributed by atoms with van der Waals surface area (Å²) in [7, 11) is 0. The number of aromatic nitrogens is 1. The third-order valence-corrected chi connectivity index (χ3v) is 5.54. The summed E-state index contributed by atoms with van der Waals surface area (Å²) in [5.74, 6) is -1.32. The number of benzene rings is 3. The number of carbonyl (C=O) groups is 2. The Morgan fingerprint density at radius 1 is 0.848 bits per heavy atom. The molecule has 0 saturated heterocycles. The van der Waals surface area contributed by atoms with E-state index in [-0.39, 0.29) is 12.3 Å². The third-order valence-electron chi connectivity index (χ3n) is 5.54. The fraction of sp³-hybridized carbons (Fsp3) is 0.107. The van der Waals surface area contributed by atoms with E-state index in [4.69, 9.17) is 0 Å². The summed E-state index contributed by atoms with van der Waals surface area (Å²) in [6, 6.07) is 28.3. The highest BCUT2D eigenvalue weighted by Gasteiger charge is 2.20. The predicted molar refractivity (Wildman–Crippen MR) is 129 cm³/mol. The fourth-order valence-electron chi connectivity index (χ4n) is 3.85. The Morgan fingerprint density at radius 2 is 1.55 bits per heavy atom. The number of aryl methyl sites for hydroxylation is 1. The van der Waals surface area contributed by atoms with Crippen molar-refractivity contribution < 1.29 is 14.7 Å². The number of hydrogen-bond acceptors (Lipinski definition) is 3. The van der Waals surface area contributed by atoms with Crippen LogP contribution in [0.4, 0.5) is 0 Å². The van der Waals surface area contributed by atoms with Crippen molar-refractivity contribution in [2.75, 3.05) is 0 Å². The molecule has 0 radical (unpaired) electrons. The van der Waals surface area contributed by atoms with Crippen molar-refractivity contribution in [3.8, 4) is 22.4 Å². The van der Waals surface area contributed by atoms with E-state index in [0.717, 1.165) is 27.8 Å². The number of rotatable bonds is 7. The van der Waals surface area contributed by atoms with E-state index >= 15 is 0 Å². The van der Waals surface area contributed by atoms with Gasteiger partial charge in [0.25, 0.3) is 5.91 Å². The first kappa shape index (κ1) is 22.0. The van der Waals surface area contributed by atoms with Gasteiger partial charge in [-0.1, -0.05) is 72.8 Å².